The SMILES string of the molecule is COCCN(CCO)C1CC(C(C)(C)C)CCC1C#N. The first-order valence-corrected chi connectivity index (χ1v) is 7.67. The molecule has 0 amide bonds. The molecule has 0 heterocycles. The summed E-state index contributed by atoms with van der Waals surface area (Å²) in [6.07, 6.45) is 3.15. The lowest BCUT2D eigenvalue weighted by molar-refractivity contribution is 0.0342. The summed E-state index contributed by atoms with van der Waals surface area (Å²) in [6, 6.07) is 2.73. The predicted octanol–water partition coefficient (Wildman–Crippen LogP) is 2.28. The number of nitriles is 1. The van der Waals surface area contributed by atoms with Gasteiger partial charge in [0.05, 0.1) is 25.2 Å². The van der Waals surface area contributed by atoms with Crippen LogP contribution in [-0.2, 0) is 4.74 Å². The van der Waals surface area contributed by atoms with Crippen LogP contribution in [0.3, 0.4) is 0 Å². The lowest BCUT2D eigenvalue weighted by Crippen LogP contribution is -2.48. The van der Waals surface area contributed by atoms with Gasteiger partial charge in [-0.3, -0.25) is 4.90 Å². The largest absolute Gasteiger partial charge is 0.395 e. The minimum atomic E-state index is 0.0806. The minimum absolute atomic E-state index is 0.0806. The van der Waals surface area contributed by atoms with Gasteiger partial charge in [-0.05, 0) is 30.6 Å². The molecule has 1 aliphatic rings. The van der Waals surface area contributed by atoms with Crippen LogP contribution < -0.4 is 0 Å². The summed E-state index contributed by atoms with van der Waals surface area (Å²) in [5.74, 6) is 0.720. The Labute approximate surface area is 123 Å². The second-order valence-electron chi connectivity index (χ2n) is 6.93. The van der Waals surface area contributed by atoms with Crippen LogP contribution in [0.4, 0.5) is 0 Å². The van der Waals surface area contributed by atoms with E-state index in [4.69, 9.17) is 4.74 Å². The Kier molecular flexibility index (Phi) is 6.94. The Morgan fingerprint density at radius 1 is 1.30 bits per heavy atom. The number of hydrogen-bond acceptors (Lipinski definition) is 4. The zero-order chi connectivity index (χ0) is 15.2. The van der Waals surface area contributed by atoms with Crippen LogP contribution in [0.25, 0.3) is 0 Å². The Hall–Kier alpha value is -0.630. The van der Waals surface area contributed by atoms with Crippen LogP contribution in [0.5, 0.6) is 0 Å². The smallest absolute Gasteiger partial charge is 0.0672 e. The molecule has 0 radical (unpaired) electrons. The Morgan fingerprint density at radius 3 is 2.50 bits per heavy atom. The first kappa shape index (κ1) is 17.4. The fraction of sp³-hybridized carbons (Fsp3) is 0.938. The zero-order valence-corrected chi connectivity index (χ0v) is 13.4. The van der Waals surface area contributed by atoms with Crippen molar-refractivity contribution >= 4 is 0 Å². The maximum absolute atomic E-state index is 9.42. The summed E-state index contributed by atoms with van der Waals surface area (Å²) in [7, 11) is 1.69. The third-order valence-corrected chi connectivity index (χ3v) is 4.65. The average molecular weight is 282 g/mol. The van der Waals surface area contributed by atoms with Crippen LogP contribution >= 0.6 is 0 Å². The van der Waals surface area contributed by atoms with Crippen molar-refractivity contribution in [2.45, 2.75) is 46.1 Å². The lowest BCUT2D eigenvalue weighted by Gasteiger charge is -2.44. The number of methoxy groups -OCH3 is 1. The van der Waals surface area contributed by atoms with Crippen LogP contribution in [0, 0.1) is 28.6 Å². The van der Waals surface area contributed by atoms with Crippen molar-refractivity contribution in [3.8, 4) is 6.07 Å². The molecule has 0 aliphatic heterocycles. The van der Waals surface area contributed by atoms with E-state index in [-0.39, 0.29) is 24.0 Å². The van der Waals surface area contributed by atoms with E-state index in [9.17, 15) is 10.4 Å². The van der Waals surface area contributed by atoms with Crippen molar-refractivity contribution in [2.75, 3.05) is 33.4 Å². The number of hydrogen-bond donors (Lipinski definition) is 1. The number of aliphatic hydroxyl groups excluding tert-OH is 1. The van der Waals surface area contributed by atoms with E-state index in [0.29, 0.717) is 19.1 Å². The molecule has 3 unspecified atom stereocenters. The van der Waals surface area contributed by atoms with Gasteiger partial charge in [0.25, 0.3) is 0 Å². The molecule has 0 aromatic rings. The number of aliphatic hydroxyl groups is 1. The molecule has 0 spiro atoms. The van der Waals surface area contributed by atoms with E-state index in [2.05, 4.69) is 31.7 Å². The summed E-state index contributed by atoms with van der Waals surface area (Å²) in [5, 5.41) is 18.7. The molecule has 1 saturated carbocycles. The molecule has 20 heavy (non-hydrogen) atoms. The molecule has 1 aliphatic carbocycles. The van der Waals surface area contributed by atoms with E-state index in [1.807, 2.05) is 0 Å². The maximum atomic E-state index is 9.42. The van der Waals surface area contributed by atoms with Crippen molar-refractivity contribution < 1.29 is 9.84 Å². The normalized spacial score (nSPS) is 27.6. The van der Waals surface area contributed by atoms with E-state index in [1.54, 1.807) is 7.11 Å². The molecule has 0 aromatic carbocycles. The first-order valence-electron chi connectivity index (χ1n) is 7.67. The number of nitrogens with zero attached hydrogens (tertiary/aromatic N) is 2. The highest BCUT2D eigenvalue weighted by Crippen LogP contribution is 2.41. The van der Waals surface area contributed by atoms with Gasteiger partial charge in [0, 0.05) is 26.2 Å². The van der Waals surface area contributed by atoms with Crippen molar-refractivity contribution in [1.29, 1.82) is 5.26 Å². The number of rotatable bonds is 6. The first-order chi connectivity index (χ1) is 9.43. The second kappa shape index (κ2) is 7.97. The summed E-state index contributed by atoms with van der Waals surface area (Å²) >= 11 is 0. The van der Waals surface area contributed by atoms with Gasteiger partial charge in [0.1, 0.15) is 0 Å². The quantitative estimate of drug-likeness (QED) is 0.812. The molecule has 0 bridgehead atoms. The third kappa shape index (κ3) is 4.73. The van der Waals surface area contributed by atoms with E-state index < -0.39 is 0 Å². The van der Waals surface area contributed by atoms with Crippen LogP contribution in [-0.4, -0.2) is 49.5 Å². The highest BCUT2D eigenvalue weighted by Gasteiger charge is 2.38. The molecule has 4 heteroatoms. The Balaban J connectivity index is 2.80. The Morgan fingerprint density at radius 2 is 2.00 bits per heavy atom. The lowest BCUT2D eigenvalue weighted by atomic mass is 9.68. The van der Waals surface area contributed by atoms with E-state index >= 15 is 0 Å². The molecular weight excluding hydrogens is 252 g/mol. The molecule has 1 rings (SSSR count). The fourth-order valence-corrected chi connectivity index (χ4v) is 3.27. The standard InChI is InChI=1S/C16H30N2O2/c1-16(2,3)14-6-5-13(12-17)15(11-14)18(7-9-19)8-10-20-4/h13-15,19H,5-11H2,1-4H3. The van der Waals surface area contributed by atoms with Crippen LogP contribution in [0.15, 0.2) is 0 Å². The molecule has 1 fully saturated rings. The van der Waals surface area contributed by atoms with Gasteiger partial charge in [-0.2, -0.15) is 5.26 Å². The summed E-state index contributed by atoms with van der Waals surface area (Å²) in [6.45, 7) is 9.06. The van der Waals surface area contributed by atoms with Crippen molar-refractivity contribution in [3.05, 3.63) is 0 Å². The summed E-state index contributed by atoms with van der Waals surface area (Å²) < 4.78 is 5.17. The molecule has 3 atom stereocenters. The highest BCUT2D eigenvalue weighted by atomic mass is 16.5. The fourth-order valence-electron chi connectivity index (χ4n) is 3.27. The topological polar surface area (TPSA) is 56.5 Å². The summed E-state index contributed by atoms with van der Waals surface area (Å²) in [5.41, 5.74) is 0.283. The van der Waals surface area contributed by atoms with Gasteiger partial charge in [0.2, 0.25) is 0 Å². The van der Waals surface area contributed by atoms with E-state index in [1.165, 1.54) is 0 Å². The van der Waals surface area contributed by atoms with Gasteiger partial charge in [-0.15, -0.1) is 0 Å². The van der Waals surface area contributed by atoms with Gasteiger partial charge in [-0.1, -0.05) is 20.8 Å². The summed E-state index contributed by atoms with van der Waals surface area (Å²) in [4.78, 5) is 2.25. The molecular formula is C16H30N2O2. The zero-order valence-electron chi connectivity index (χ0n) is 13.4. The van der Waals surface area contributed by atoms with Gasteiger partial charge >= 0.3 is 0 Å². The average Bonchev–Trinajstić information content (AvgIpc) is 2.41. The van der Waals surface area contributed by atoms with Gasteiger partial charge < -0.3 is 9.84 Å². The molecule has 0 saturated heterocycles. The predicted molar refractivity (Wildman–Crippen MR) is 80.2 cm³/mol. The highest BCUT2D eigenvalue weighted by molar-refractivity contribution is 4.99. The van der Waals surface area contributed by atoms with Crippen molar-refractivity contribution in [2.24, 2.45) is 17.3 Å². The Bertz CT molecular complexity index is 319. The monoisotopic (exact) mass is 282 g/mol. The molecule has 4 nitrogen and oxygen atoms in total. The molecule has 0 aromatic heterocycles. The molecule has 1 N–H and O–H groups in total. The van der Waals surface area contributed by atoms with Crippen LogP contribution in [0.1, 0.15) is 40.0 Å². The number of ether oxygens (including phenoxy) is 1. The maximum Gasteiger partial charge on any atom is 0.0672 e. The van der Waals surface area contributed by atoms with Crippen molar-refractivity contribution in [1.82, 2.24) is 4.90 Å². The van der Waals surface area contributed by atoms with Crippen molar-refractivity contribution in [3.63, 3.8) is 0 Å². The second-order valence-corrected chi connectivity index (χ2v) is 6.93. The van der Waals surface area contributed by atoms with Gasteiger partial charge in [0.15, 0.2) is 0 Å². The van der Waals surface area contributed by atoms with Gasteiger partial charge in [-0.25, -0.2) is 0 Å². The van der Waals surface area contributed by atoms with E-state index in [0.717, 1.165) is 25.8 Å². The third-order valence-electron chi connectivity index (χ3n) is 4.65. The molecule has 116 valence electrons. The minimum Gasteiger partial charge on any atom is -0.395 e. The van der Waals surface area contributed by atoms with Crippen LogP contribution in [0.2, 0.25) is 0 Å².